The zero-order chi connectivity index (χ0) is 24.7. The average molecular weight is 479 g/mol. The van der Waals surface area contributed by atoms with E-state index < -0.39 is 35.6 Å². The molecule has 34 heavy (non-hydrogen) atoms. The van der Waals surface area contributed by atoms with Gasteiger partial charge < -0.3 is 15.0 Å². The highest BCUT2D eigenvalue weighted by Crippen LogP contribution is 2.32. The zero-order valence-corrected chi connectivity index (χ0v) is 18.7. The summed E-state index contributed by atoms with van der Waals surface area (Å²) in [6.07, 6.45) is 2.80. The molecule has 0 aliphatic carbocycles. The van der Waals surface area contributed by atoms with Crippen molar-refractivity contribution < 1.29 is 27.1 Å². The largest absolute Gasteiger partial charge is 0.470 e. The van der Waals surface area contributed by atoms with Gasteiger partial charge in [-0.2, -0.15) is 13.2 Å². The first-order valence-corrected chi connectivity index (χ1v) is 10.7. The maximum Gasteiger partial charge on any atom is 0.417 e. The van der Waals surface area contributed by atoms with E-state index in [9.17, 15) is 22.4 Å². The Balaban J connectivity index is 1.74. The van der Waals surface area contributed by atoms with E-state index in [4.69, 9.17) is 4.74 Å². The second kappa shape index (κ2) is 11.1. The molecule has 0 spiro atoms. The molecule has 3 heterocycles. The van der Waals surface area contributed by atoms with Crippen molar-refractivity contribution in [3.8, 4) is 5.88 Å². The van der Waals surface area contributed by atoms with Crippen molar-refractivity contribution in [1.82, 2.24) is 20.2 Å². The monoisotopic (exact) mass is 479 g/mol. The average Bonchev–Trinajstić information content (AvgIpc) is 2.80. The van der Waals surface area contributed by atoms with Gasteiger partial charge in [0.05, 0.1) is 18.2 Å². The van der Waals surface area contributed by atoms with Crippen molar-refractivity contribution in [3.63, 3.8) is 0 Å². The Bertz CT molecular complexity index is 1060. The van der Waals surface area contributed by atoms with E-state index >= 15 is 0 Å². The van der Waals surface area contributed by atoms with E-state index in [2.05, 4.69) is 20.3 Å². The van der Waals surface area contributed by atoms with Gasteiger partial charge in [0, 0.05) is 37.8 Å². The number of aromatic nitrogens is 2. The molecule has 0 bridgehead atoms. The van der Waals surface area contributed by atoms with Crippen LogP contribution in [0.1, 0.15) is 41.4 Å². The Hall–Kier alpha value is -3.50. The molecule has 0 radical (unpaired) electrons. The molecule has 1 N–H and O–H groups in total. The van der Waals surface area contributed by atoms with Gasteiger partial charge in [0.15, 0.2) is 5.82 Å². The summed E-state index contributed by atoms with van der Waals surface area (Å²) in [6.45, 7) is 2.44. The summed E-state index contributed by atoms with van der Waals surface area (Å²) in [5, 5.41) is 2.84. The summed E-state index contributed by atoms with van der Waals surface area (Å²) >= 11 is 0. The van der Waals surface area contributed by atoms with Crippen molar-refractivity contribution in [2.45, 2.75) is 44.6 Å². The number of hydrogen-bond donors (Lipinski definition) is 1. The lowest BCUT2D eigenvalue weighted by molar-refractivity contribution is -0.138. The van der Waals surface area contributed by atoms with Crippen LogP contribution in [-0.2, 0) is 12.7 Å². The van der Waals surface area contributed by atoms with Gasteiger partial charge in [-0.25, -0.2) is 9.37 Å². The molecule has 0 saturated carbocycles. The Kier molecular flexibility index (Phi) is 8.19. The molecular weight excluding hydrogens is 454 g/mol. The van der Waals surface area contributed by atoms with Crippen LogP contribution in [0.4, 0.5) is 17.6 Å². The Morgan fingerprint density at radius 2 is 2.18 bits per heavy atom. The lowest BCUT2D eigenvalue weighted by Gasteiger charge is -2.39. The highest BCUT2D eigenvalue weighted by molar-refractivity contribution is 5.94. The lowest BCUT2D eigenvalue weighted by Crippen LogP contribution is -2.51. The van der Waals surface area contributed by atoms with Crippen molar-refractivity contribution in [2.24, 2.45) is 4.99 Å². The molecular formula is C23H25F4N5O2. The third-order valence-electron chi connectivity index (χ3n) is 5.39. The van der Waals surface area contributed by atoms with Crippen molar-refractivity contribution in [2.75, 3.05) is 13.6 Å². The van der Waals surface area contributed by atoms with Crippen molar-refractivity contribution >= 4 is 12.1 Å². The SMILES string of the molecule is CN/C=C\C=N/Cc1cccnc1C(=O)N1CCC[C@@H](Oc2ncc(C(F)(F)F)cc2F)[C@@H]1C. The molecule has 1 amide bonds. The van der Waals surface area contributed by atoms with E-state index in [0.717, 1.165) is 0 Å². The van der Waals surface area contributed by atoms with E-state index in [1.165, 1.54) is 6.20 Å². The number of nitrogens with zero attached hydrogens (tertiary/aromatic N) is 4. The van der Waals surface area contributed by atoms with Gasteiger partial charge in [-0.3, -0.25) is 14.8 Å². The topological polar surface area (TPSA) is 79.7 Å². The molecule has 2 atom stereocenters. The first-order chi connectivity index (χ1) is 16.2. The number of nitrogens with one attached hydrogen (secondary N) is 1. The van der Waals surface area contributed by atoms with E-state index in [1.54, 1.807) is 49.5 Å². The minimum atomic E-state index is -4.71. The van der Waals surface area contributed by atoms with Crippen LogP contribution < -0.4 is 10.1 Å². The van der Waals surface area contributed by atoms with Gasteiger partial charge in [0.1, 0.15) is 11.8 Å². The van der Waals surface area contributed by atoms with Gasteiger partial charge in [-0.1, -0.05) is 6.07 Å². The standard InChI is InChI=1S/C23H25F4N5O2/c1-15-19(34-21-18(24)12-17(14-31-21)23(25,26)27)7-4-11-32(15)22(33)20-16(6-3-10-30-20)13-29-9-5-8-28-2/h3,5-6,8-10,12,14-15,19,28H,4,7,11,13H2,1-2H3/b8-5-,29-9-/t15-,19+/m0/s1. The number of aliphatic imine (C=N–C) groups is 1. The number of carbonyl (C=O) groups is 1. The normalized spacial score (nSPS) is 19.1. The Morgan fingerprint density at radius 1 is 1.38 bits per heavy atom. The molecule has 3 rings (SSSR count). The molecule has 0 aromatic carbocycles. The number of allylic oxidation sites excluding steroid dienone is 1. The lowest BCUT2D eigenvalue weighted by atomic mass is 9.99. The Morgan fingerprint density at radius 3 is 2.88 bits per heavy atom. The predicted molar refractivity (Wildman–Crippen MR) is 118 cm³/mol. The summed E-state index contributed by atoms with van der Waals surface area (Å²) in [7, 11) is 1.76. The summed E-state index contributed by atoms with van der Waals surface area (Å²) in [4.78, 5) is 26.9. The number of likely N-dealkylation sites (tertiary alicyclic amines) is 1. The first-order valence-electron chi connectivity index (χ1n) is 10.7. The number of alkyl halides is 3. The summed E-state index contributed by atoms with van der Waals surface area (Å²) in [5.41, 5.74) is -0.298. The number of hydrogen-bond acceptors (Lipinski definition) is 6. The van der Waals surface area contributed by atoms with Crippen LogP contribution in [-0.4, -0.2) is 52.7 Å². The number of amides is 1. The van der Waals surface area contributed by atoms with Gasteiger partial charge in [-0.15, -0.1) is 0 Å². The van der Waals surface area contributed by atoms with Crippen molar-refractivity contribution in [3.05, 3.63) is 65.5 Å². The molecule has 7 nitrogen and oxygen atoms in total. The number of piperidine rings is 1. The molecule has 11 heteroatoms. The molecule has 1 aliphatic rings. The fourth-order valence-electron chi connectivity index (χ4n) is 3.61. The van der Waals surface area contributed by atoms with Crippen LogP contribution in [0.2, 0.25) is 0 Å². The number of pyridine rings is 2. The summed E-state index contributed by atoms with van der Waals surface area (Å²) < 4.78 is 58.2. The van der Waals surface area contributed by atoms with Crippen LogP contribution in [0.5, 0.6) is 5.88 Å². The predicted octanol–water partition coefficient (Wildman–Crippen LogP) is 4.01. The van der Waals surface area contributed by atoms with Crippen LogP contribution >= 0.6 is 0 Å². The third kappa shape index (κ3) is 6.09. The highest BCUT2D eigenvalue weighted by atomic mass is 19.4. The first kappa shape index (κ1) is 25.1. The molecule has 1 fully saturated rings. The van der Waals surface area contributed by atoms with Gasteiger partial charge in [-0.05, 0) is 44.2 Å². The van der Waals surface area contributed by atoms with E-state index in [0.29, 0.717) is 37.2 Å². The van der Waals surface area contributed by atoms with Gasteiger partial charge in [0.2, 0.25) is 0 Å². The molecule has 2 aromatic heterocycles. The second-order valence-corrected chi connectivity index (χ2v) is 7.70. The number of rotatable bonds is 7. The minimum Gasteiger partial charge on any atom is -0.470 e. The molecule has 2 aromatic rings. The van der Waals surface area contributed by atoms with E-state index in [1.807, 2.05) is 0 Å². The number of carbonyl (C=O) groups excluding carboxylic acids is 1. The van der Waals surface area contributed by atoms with Gasteiger partial charge in [0.25, 0.3) is 11.8 Å². The Labute approximate surface area is 194 Å². The van der Waals surface area contributed by atoms with Crippen LogP contribution in [0.15, 0.2) is 47.9 Å². The summed E-state index contributed by atoms with van der Waals surface area (Å²) in [5.74, 6) is -2.05. The molecule has 0 unspecified atom stereocenters. The quantitative estimate of drug-likeness (QED) is 0.480. The second-order valence-electron chi connectivity index (χ2n) is 7.70. The smallest absolute Gasteiger partial charge is 0.417 e. The van der Waals surface area contributed by atoms with Crippen LogP contribution in [0.3, 0.4) is 0 Å². The zero-order valence-electron chi connectivity index (χ0n) is 18.7. The summed E-state index contributed by atoms with van der Waals surface area (Å²) in [6, 6.07) is 3.35. The molecule has 1 saturated heterocycles. The van der Waals surface area contributed by atoms with Gasteiger partial charge >= 0.3 is 6.18 Å². The van der Waals surface area contributed by atoms with E-state index in [-0.39, 0.29) is 18.1 Å². The fraction of sp³-hybridized carbons (Fsp3) is 0.391. The number of ether oxygens (including phenoxy) is 1. The minimum absolute atomic E-state index is 0.253. The van der Waals surface area contributed by atoms with Crippen molar-refractivity contribution in [1.29, 1.82) is 0 Å². The molecule has 182 valence electrons. The maximum atomic E-state index is 14.2. The fourth-order valence-corrected chi connectivity index (χ4v) is 3.61. The van der Waals surface area contributed by atoms with Crippen LogP contribution in [0, 0.1) is 5.82 Å². The molecule has 1 aliphatic heterocycles. The maximum absolute atomic E-state index is 14.2. The highest BCUT2D eigenvalue weighted by Gasteiger charge is 2.36. The third-order valence-corrected chi connectivity index (χ3v) is 5.39. The number of halogens is 4. The van der Waals surface area contributed by atoms with Crippen LogP contribution in [0.25, 0.3) is 0 Å².